The third kappa shape index (κ3) is 6.97. The number of para-hydroxylation sites is 1. The number of hydrogen-bond donors (Lipinski definition) is 1. The molecule has 36 heavy (non-hydrogen) atoms. The zero-order chi connectivity index (χ0) is 26.1. The fourth-order valence-corrected chi connectivity index (χ4v) is 4.97. The number of ether oxygens (including phenoxy) is 2. The molecule has 0 bridgehead atoms. The first-order valence-corrected chi connectivity index (χ1v) is 13.2. The normalized spacial score (nSPS) is 11.2. The van der Waals surface area contributed by atoms with Gasteiger partial charge in [0.25, 0.3) is 10.0 Å². The van der Waals surface area contributed by atoms with Gasteiger partial charge in [-0.1, -0.05) is 32.0 Å². The number of amides is 1. The van der Waals surface area contributed by atoms with Gasteiger partial charge in [0.05, 0.1) is 23.7 Å². The molecule has 0 heterocycles. The number of nitrogens with zero attached hydrogens (tertiary/aromatic N) is 1. The van der Waals surface area contributed by atoms with Gasteiger partial charge in [-0.2, -0.15) is 0 Å². The number of anilines is 1. The SMILES string of the molecule is CCOc1ccc(N(CC(=O)NCCOc2ccccc2C(C)C)S(=O)(=O)c2ccc(F)cc2)cc1. The summed E-state index contributed by atoms with van der Waals surface area (Å²) in [6, 6.07) is 18.5. The van der Waals surface area contributed by atoms with Crippen LogP contribution in [-0.4, -0.2) is 40.6 Å². The van der Waals surface area contributed by atoms with Gasteiger partial charge in [-0.15, -0.1) is 0 Å². The molecule has 0 aliphatic carbocycles. The Morgan fingerprint density at radius 2 is 1.64 bits per heavy atom. The molecule has 7 nitrogen and oxygen atoms in total. The first-order chi connectivity index (χ1) is 17.2. The summed E-state index contributed by atoms with van der Waals surface area (Å²) in [7, 11) is -4.15. The number of benzene rings is 3. The van der Waals surface area contributed by atoms with Gasteiger partial charge in [0.2, 0.25) is 5.91 Å². The number of carbonyl (C=O) groups excluding carboxylic acids is 1. The van der Waals surface area contributed by atoms with Gasteiger partial charge in [-0.3, -0.25) is 9.10 Å². The molecule has 0 unspecified atom stereocenters. The Morgan fingerprint density at radius 1 is 0.972 bits per heavy atom. The van der Waals surface area contributed by atoms with E-state index < -0.39 is 28.3 Å². The minimum Gasteiger partial charge on any atom is -0.494 e. The maximum Gasteiger partial charge on any atom is 0.264 e. The molecule has 192 valence electrons. The Balaban J connectivity index is 1.72. The average molecular weight is 515 g/mol. The Labute approximate surface area is 211 Å². The van der Waals surface area contributed by atoms with E-state index in [-0.39, 0.29) is 29.7 Å². The first kappa shape index (κ1) is 27.0. The summed E-state index contributed by atoms with van der Waals surface area (Å²) in [5.41, 5.74) is 1.34. The predicted octanol–water partition coefficient (Wildman–Crippen LogP) is 4.74. The van der Waals surface area contributed by atoms with Crippen molar-refractivity contribution >= 4 is 21.6 Å². The molecule has 0 saturated carbocycles. The molecular formula is C27H31FN2O5S. The van der Waals surface area contributed by atoms with E-state index in [2.05, 4.69) is 19.2 Å². The Morgan fingerprint density at radius 3 is 2.28 bits per heavy atom. The molecule has 1 N–H and O–H groups in total. The van der Waals surface area contributed by atoms with E-state index in [0.29, 0.717) is 12.4 Å². The van der Waals surface area contributed by atoms with E-state index in [1.807, 2.05) is 31.2 Å². The largest absolute Gasteiger partial charge is 0.494 e. The summed E-state index contributed by atoms with van der Waals surface area (Å²) in [5.74, 6) is 0.545. The van der Waals surface area contributed by atoms with Crippen LogP contribution in [0.3, 0.4) is 0 Å². The van der Waals surface area contributed by atoms with Crippen LogP contribution >= 0.6 is 0 Å². The number of sulfonamides is 1. The van der Waals surface area contributed by atoms with Crippen molar-refractivity contribution in [2.24, 2.45) is 0 Å². The quantitative estimate of drug-likeness (QED) is 0.353. The fourth-order valence-electron chi connectivity index (χ4n) is 3.55. The van der Waals surface area contributed by atoms with Crippen LogP contribution in [0, 0.1) is 5.82 Å². The first-order valence-electron chi connectivity index (χ1n) is 11.7. The van der Waals surface area contributed by atoms with Crippen molar-refractivity contribution in [2.45, 2.75) is 31.6 Å². The molecule has 9 heteroatoms. The van der Waals surface area contributed by atoms with Crippen molar-refractivity contribution in [2.75, 3.05) is 30.6 Å². The van der Waals surface area contributed by atoms with Gasteiger partial charge in [-0.25, -0.2) is 12.8 Å². The Bertz CT molecular complexity index is 1250. The lowest BCUT2D eigenvalue weighted by Crippen LogP contribution is -2.41. The Kier molecular flexibility index (Phi) is 9.30. The van der Waals surface area contributed by atoms with Crippen LogP contribution in [0.15, 0.2) is 77.7 Å². The van der Waals surface area contributed by atoms with Crippen LogP contribution in [0.25, 0.3) is 0 Å². The lowest BCUT2D eigenvalue weighted by Gasteiger charge is -2.24. The zero-order valence-corrected chi connectivity index (χ0v) is 21.4. The monoisotopic (exact) mass is 514 g/mol. The molecule has 0 spiro atoms. The van der Waals surface area contributed by atoms with Crippen molar-refractivity contribution in [3.63, 3.8) is 0 Å². The van der Waals surface area contributed by atoms with Gasteiger partial charge < -0.3 is 14.8 Å². The number of rotatable bonds is 12. The molecule has 1 amide bonds. The highest BCUT2D eigenvalue weighted by molar-refractivity contribution is 7.92. The minimum absolute atomic E-state index is 0.126. The summed E-state index contributed by atoms with van der Waals surface area (Å²) in [6.07, 6.45) is 0. The molecule has 0 atom stereocenters. The minimum atomic E-state index is -4.15. The van der Waals surface area contributed by atoms with E-state index in [0.717, 1.165) is 27.8 Å². The number of nitrogens with one attached hydrogen (secondary N) is 1. The van der Waals surface area contributed by atoms with Crippen LogP contribution in [0.5, 0.6) is 11.5 Å². The van der Waals surface area contributed by atoms with Crippen LogP contribution in [0.1, 0.15) is 32.3 Å². The molecule has 0 fully saturated rings. The molecule has 0 radical (unpaired) electrons. The summed E-state index contributed by atoms with van der Waals surface area (Å²) < 4.78 is 52.4. The van der Waals surface area contributed by atoms with E-state index in [1.54, 1.807) is 24.3 Å². The van der Waals surface area contributed by atoms with Crippen LogP contribution in [-0.2, 0) is 14.8 Å². The summed E-state index contributed by atoms with van der Waals surface area (Å²) in [6.45, 7) is 6.40. The van der Waals surface area contributed by atoms with Gasteiger partial charge in [0, 0.05) is 0 Å². The second kappa shape index (κ2) is 12.4. The summed E-state index contributed by atoms with van der Waals surface area (Å²) >= 11 is 0. The number of halogens is 1. The average Bonchev–Trinajstić information content (AvgIpc) is 2.86. The molecule has 0 aliphatic heterocycles. The number of hydrogen-bond acceptors (Lipinski definition) is 5. The van der Waals surface area contributed by atoms with Gasteiger partial charge in [0.15, 0.2) is 0 Å². The predicted molar refractivity (Wildman–Crippen MR) is 138 cm³/mol. The third-order valence-electron chi connectivity index (χ3n) is 5.35. The molecule has 3 rings (SSSR count). The van der Waals surface area contributed by atoms with E-state index in [9.17, 15) is 17.6 Å². The summed E-state index contributed by atoms with van der Waals surface area (Å²) in [5, 5.41) is 2.71. The smallest absolute Gasteiger partial charge is 0.264 e. The highest BCUT2D eigenvalue weighted by Crippen LogP contribution is 2.27. The molecule has 3 aromatic rings. The van der Waals surface area contributed by atoms with Crippen molar-refractivity contribution in [3.8, 4) is 11.5 Å². The van der Waals surface area contributed by atoms with Crippen LogP contribution in [0.2, 0.25) is 0 Å². The van der Waals surface area contributed by atoms with Crippen molar-refractivity contribution in [3.05, 3.63) is 84.2 Å². The van der Waals surface area contributed by atoms with E-state index in [1.165, 1.54) is 12.1 Å². The van der Waals surface area contributed by atoms with Gasteiger partial charge in [0.1, 0.15) is 30.5 Å². The topological polar surface area (TPSA) is 84.9 Å². The zero-order valence-electron chi connectivity index (χ0n) is 20.6. The maximum absolute atomic E-state index is 13.4. The second-order valence-electron chi connectivity index (χ2n) is 8.28. The molecule has 3 aromatic carbocycles. The van der Waals surface area contributed by atoms with Crippen LogP contribution < -0.4 is 19.1 Å². The standard InChI is InChI=1S/C27H31FN2O5S/c1-4-34-23-13-11-22(12-14-23)30(36(32,33)24-15-9-21(28)10-16-24)19-27(31)29-17-18-35-26-8-6-5-7-25(26)20(2)3/h5-16,20H,4,17-19H2,1-3H3,(H,29,31). The van der Waals surface area contributed by atoms with Gasteiger partial charge >= 0.3 is 0 Å². The molecule has 0 aliphatic rings. The highest BCUT2D eigenvalue weighted by Gasteiger charge is 2.27. The van der Waals surface area contributed by atoms with Crippen molar-refractivity contribution in [1.29, 1.82) is 0 Å². The van der Waals surface area contributed by atoms with Crippen molar-refractivity contribution < 1.29 is 27.1 Å². The summed E-state index contributed by atoms with van der Waals surface area (Å²) in [4.78, 5) is 12.6. The Hall–Kier alpha value is -3.59. The lowest BCUT2D eigenvalue weighted by atomic mass is 10.0. The maximum atomic E-state index is 13.4. The van der Waals surface area contributed by atoms with E-state index >= 15 is 0 Å². The highest BCUT2D eigenvalue weighted by atomic mass is 32.2. The van der Waals surface area contributed by atoms with Crippen molar-refractivity contribution in [1.82, 2.24) is 5.32 Å². The molecular weight excluding hydrogens is 483 g/mol. The van der Waals surface area contributed by atoms with Gasteiger partial charge in [-0.05, 0) is 73.0 Å². The van der Waals surface area contributed by atoms with E-state index in [4.69, 9.17) is 9.47 Å². The second-order valence-corrected chi connectivity index (χ2v) is 10.1. The lowest BCUT2D eigenvalue weighted by molar-refractivity contribution is -0.119. The molecule has 0 aromatic heterocycles. The third-order valence-corrected chi connectivity index (χ3v) is 7.14. The molecule has 0 saturated heterocycles. The van der Waals surface area contributed by atoms with Crippen LogP contribution in [0.4, 0.5) is 10.1 Å². The fraction of sp³-hybridized carbons (Fsp3) is 0.296. The number of carbonyl (C=O) groups is 1.